The first-order valence-corrected chi connectivity index (χ1v) is 12.6. The van der Waals surface area contributed by atoms with Crippen LogP contribution in [0.25, 0.3) is 0 Å². The maximum atomic E-state index is 3.99. The molecule has 1 N–H and O–H groups in total. The van der Waals surface area contributed by atoms with Gasteiger partial charge in [-0.25, -0.2) is 0 Å². The summed E-state index contributed by atoms with van der Waals surface area (Å²) in [6.45, 7) is 9.98. The summed E-state index contributed by atoms with van der Waals surface area (Å²) in [7, 11) is -2.04. The van der Waals surface area contributed by atoms with Crippen molar-refractivity contribution >= 4 is 32.4 Å². The third-order valence-corrected chi connectivity index (χ3v) is 13.4. The summed E-state index contributed by atoms with van der Waals surface area (Å²) in [5, 5.41) is 1.18. The van der Waals surface area contributed by atoms with E-state index in [-0.39, 0.29) is 0 Å². The Morgan fingerprint density at radius 3 is 2.31 bits per heavy atom. The maximum Gasteiger partial charge on any atom is 0.115 e. The molecule has 0 amide bonds. The summed E-state index contributed by atoms with van der Waals surface area (Å²) in [5.74, 6) is 0. The predicted octanol–water partition coefficient (Wildman–Crippen LogP) is 3.55. The van der Waals surface area contributed by atoms with Gasteiger partial charge in [-0.1, -0.05) is 48.5 Å². The van der Waals surface area contributed by atoms with E-state index in [4.69, 9.17) is 0 Å². The number of halogens is 1. The van der Waals surface area contributed by atoms with Crippen LogP contribution in [0, 0.1) is 0 Å². The molecule has 0 saturated carbocycles. The highest BCUT2D eigenvalue weighted by Crippen LogP contribution is 2.39. The molecule has 1 aliphatic heterocycles. The number of hydrogen-bond donors (Lipinski definition) is 1. The average molecular weight is 280 g/mol. The van der Waals surface area contributed by atoms with Gasteiger partial charge in [-0.05, 0) is 18.0 Å². The lowest BCUT2D eigenvalue weighted by Crippen LogP contribution is -2.51. The molecule has 0 bridgehead atoms. The first-order valence-electron chi connectivity index (χ1n) is 5.23. The second-order valence-corrected chi connectivity index (χ2v) is 15.7. The number of hydrogen-bond acceptors (Lipinski definition) is 1. The van der Waals surface area contributed by atoms with Crippen LogP contribution in [-0.2, 0) is 0 Å². The van der Waals surface area contributed by atoms with Gasteiger partial charge in [0.15, 0.2) is 0 Å². The van der Waals surface area contributed by atoms with Gasteiger partial charge in [0.1, 0.15) is 16.5 Å². The standard InChI is InChI=1S/C9H22BrNSi2/c1-12(2)8-9(6-5-7-10)13(3,4)11-12/h9,11H,5-8H2,1-4H3. The molecule has 0 aliphatic carbocycles. The van der Waals surface area contributed by atoms with Gasteiger partial charge in [0.25, 0.3) is 0 Å². The zero-order valence-corrected chi connectivity index (χ0v) is 12.9. The molecule has 1 heterocycles. The molecule has 78 valence electrons. The van der Waals surface area contributed by atoms with E-state index in [0.29, 0.717) is 0 Å². The van der Waals surface area contributed by atoms with Crippen molar-refractivity contribution in [3.05, 3.63) is 0 Å². The van der Waals surface area contributed by atoms with Crippen LogP contribution < -0.4 is 4.65 Å². The first kappa shape index (κ1) is 11.9. The Bertz CT molecular complexity index is 182. The molecule has 1 atom stereocenters. The molecule has 0 spiro atoms. The Kier molecular flexibility index (Phi) is 3.83. The van der Waals surface area contributed by atoms with Crippen molar-refractivity contribution in [1.29, 1.82) is 0 Å². The van der Waals surface area contributed by atoms with Crippen LogP contribution in [0.1, 0.15) is 12.8 Å². The fraction of sp³-hybridized carbons (Fsp3) is 1.00. The Labute approximate surface area is 93.0 Å². The van der Waals surface area contributed by atoms with Crippen molar-refractivity contribution in [1.82, 2.24) is 4.65 Å². The average Bonchev–Trinajstić information content (AvgIpc) is 2.14. The molecule has 0 aromatic heterocycles. The van der Waals surface area contributed by atoms with E-state index in [1.54, 1.807) is 0 Å². The first-order chi connectivity index (χ1) is 5.87. The molecule has 1 rings (SSSR count). The predicted molar refractivity (Wildman–Crippen MR) is 69.7 cm³/mol. The largest absolute Gasteiger partial charge is 0.359 e. The molecule has 1 unspecified atom stereocenters. The van der Waals surface area contributed by atoms with Crippen molar-refractivity contribution < 1.29 is 0 Å². The third-order valence-electron chi connectivity index (χ3n) is 3.12. The highest BCUT2D eigenvalue weighted by atomic mass is 79.9. The topological polar surface area (TPSA) is 12.0 Å². The third kappa shape index (κ3) is 3.18. The minimum Gasteiger partial charge on any atom is -0.359 e. The van der Waals surface area contributed by atoms with E-state index in [1.165, 1.54) is 24.2 Å². The Hall–Kier alpha value is 0.874. The lowest BCUT2D eigenvalue weighted by Gasteiger charge is -2.25. The Morgan fingerprint density at radius 1 is 1.31 bits per heavy atom. The summed E-state index contributed by atoms with van der Waals surface area (Å²) < 4.78 is 3.99. The van der Waals surface area contributed by atoms with Gasteiger partial charge in [-0.2, -0.15) is 0 Å². The summed E-state index contributed by atoms with van der Waals surface area (Å²) in [6.07, 6.45) is 2.79. The minimum atomic E-state index is -1.05. The van der Waals surface area contributed by atoms with Crippen molar-refractivity contribution in [2.75, 3.05) is 5.33 Å². The van der Waals surface area contributed by atoms with Gasteiger partial charge in [-0.15, -0.1) is 0 Å². The summed E-state index contributed by atoms with van der Waals surface area (Å²) in [4.78, 5) is 0. The molecule has 1 nitrogen and oxygen atoms in total. The van der Waals surface area contributed by atoms with Gasteiger partial charge in [0.05, 0.1) is 0 Å². The van der Waals surface area contributed by atoms with E-state index in [0.717, 1.165) is 5.54 Å². The highest BCUT2D eigenvalue weighted by molar-refractivity contribution is 9.09. The van der Waals surface area contributed by atoms with E-state index in [9.17, 15) is 0 Å². The molecular formula is C9H22BrNSi2. The van der Waals surface area contributed by atoms with Crippen LogP contribution >= 0.6 is 15.9 Å². The van der Waals surface area contributed by atoms with Gasteiger partial charge in [0, 0.05) is 5.33 Å². The minimum absolute atomic E-state index is 0.992. The quantitative estimate of drug-likeness (QED) is 0.616. The van der Waals surface area contributed by atoms with Crippen LogP contribution in [0.4, 0.5) is 0 Å². The molecule has 4 heteroatoms. The molecule has 1 aliphatic rings. The normalized spacial score (nSPS) is 30.7. The van der Waals surface area contributed by atoms with Crippen LogP contribution in [0.5, 0.6) is 0 Å². The van der Waals surface area contributed by atoms with Crippen molar-refractivity contribution in [3.8, 4) is 0 Å². The van der Waals surface area contributed by atoms with Crippen molar-refractivity contribution in [2.24, 2.45) is 0 Å². The fourth-order valence-electron chi connectivity index (χ4n) is 2.68. The molecule has 13 heavy (non-hydrogen) atoms. The van der Waals surface area contributed by atoms with Gasteiger partial charge >= 0.3 is 0 Å². The summed E-state index contributed by atoms with van der Waals surface area (Å²) in [6, 6.07) is 1.51. The van der Waals surface area contributed by atoms with Crippen LogP contribution in [-0.4, -0.2) is 21.8 Å². The van der Waals surface area contributed by atoms with E-state index in [1.807, 2.05) is 0 Å². The van der Waals surface area contributed by atoms with Crippen molar-refractivity contribution in [3.63, 3.8) is 0 Å². The molecular weight excluding hydrogens is 258 g/mol. The highest BCUT2D eigenvalue weighted by Gasteiger charge is 2.46. The molecule has 0 aromatic carbocycles. The fourth-order valence-corrected chi connectivity index (χ4v) is 17.1. The van der Waals surface area contributed by atoms with Crippen LogP contribution in [0.15, 0.2) is 0 Å². The van der Waals surface area contributed by atoms with E-state index < -0.39 is 16.5 Å². The Balaban J connectivity index is 2.54. The second-order valence-electron chi connectivity index (χ2n) is 5.46. The molecule has 0 radical (unpaired) electrons. The van der Waals surface area contributed by atoms with Crippen LogP contribution in [0.3, 0.4) is 0 Å². The maximum absolute atomic E-state index is 3.99. The smallest absolute Gasteiger partial charge is 0.115 e. The monoisotopic (exact) mass is 279 g/mol. The van der Waals surface area contributed by atoms with E-state index >= 15 is 0 Å². The number of alkyl halides is 1. The van der Waals surface area contributed by atoms with E-state index in [2.05, 4.69) is 46.8 Å². The van der Waals surface area contributed by atoms with Crippen LogP contribution in [0.2, 0.25) is 37.8 Å². The lowest BCUT2D eigenvalue weighted by atomic mass is 10.3. The zero-order valence-electron chi connectivity index (χ0n) is 9.28. The summed E-state index contributed by atoms with van der Waals surface area (Å²) in [5.41, 5.74) is 1.03. The number of rotatable bonds is 3. The summed E-state index contributed by atoms with van der Waals surface area (Å²) >= 11 is 3.53. The molecule has 1 fully saturated rings. The molecule has 0 aromatic rings. The van der Waals surface area contributed by atoms with Gasteiger partial charge < -0.3 is 4.65 Å². The van der Waals surface area contributed by atoms with Gasteiger partial charge in [-0.3, -0.25) is 0 Å². The zero-order chi connectivity index (χ0) is 10.1. The number of nitrogens with one attached hydrogen (secondary N) is 1. The van der Waals surface area contributed by atoms with Gasteiger partial charge in [0.2, 0.25) is 0 Å². The second kappa shape index (κ2) is 4.17. The Morgan fingerprint density at radius 2 is 1.92 bits per heavy atom. The SMILES string of the molecule is C[Si]1(C)CC(CCCBr)[Si](C)(C)N1. The lowest BCUT2D eigenvalue weighted by molar-refractivity contribution is 0.756. The molecule has 1 saturated heterocycles. The van der Waals surface area contributed by atoms with Crippen molar-refractivity contribution in [2.45, 2.75) is 50.6 Å².